The average molecular weight is 249 g/mol. The Kier molecular flexibility index (Phi) is 5.49. The summed E-state index contributed by atoms with van der Waals surface area (Å²) < 4.78 is 0. The van der Waals surface area contributed by atoms with Gasteiger partial charge in [-0.3, -0.25) is 0 Å². The van der Waals surface area contributed by atoms with Crippen molar-refractivity contribution in [1.29, 1.82) is 0 Å². The van der Waals surface area contributed by atoms with E-state index in [2.05, 4.69) is 0 Å². The zero-order chi connectivity index (χ0) is 13.5. The van der Waals surface area contributed by atoms with Crippen molar-refractivity contribution in [3.8, 4) is 0 Å². The summed E-state index contributed by atoms with van der Waals surface area (Å²) in [5.74, 6) is 0. The van der Waals surface area contributed by atoms with Gasteiger partial charge in [-0.05, 0) is 38.5 Å². The molecule has 0 unspecified atom stereocenters. The fraction of sp³-hybridized carbons (Fsp3) is 0.500. The largest absolute Gasteiger partial charge is 0.399 e. The van der Waals surface area contributed by atoms with Crippen molar-refractivity contribution in [1.82, 2.24) is 9.80 Å². The number of carbonyl (C=O) groups excluding carboxylic acids is 1. The first-order valence-corrected chi connectivity index (χ1v) is 6.50. The predicted molar refractivity (Wildman–Crippen MR) is 75.3 cm³/mol. The van der Waals surface area contributed by atoms with E-state index < -0.39 is 0 Å². The van der Waals surface area contributed by atoms with E-state index in [1.54, 1.807) is 0 Å². The van der Waals surface area contributed by atoms with Crippen molar-refractivity contribution in [2.24, 2.45) is 0 Å². The van der Waals surface area contributed by atoms with Crippen molar-refractivity contribution in [3.05, 3.63) is 29.8 Å². The van der Waals surface area contributed by atoms with Gasteiger partial charge in [0.2, 0.25) is 0 Å². The predicted octanol–water partition coefficient (Wildman–Crippen LogP) is 2.55. The highest BCUT2D eigenvalue weighted by Gasteiger charge is 2.16. The minimum absolute atomic E-state index is 0.0966. The van der Waals surface area contributed by atoms with E-state index in [0.29, 0.717) is 13.1 Å². The number of hydrogen-bond acceptors (Lipinski definition) is 2. The topological polar surface area (TPSA) is 49.6 Å². The molecule has 4 heteroatoms. The second kappa shape index (κ2) is 6.89. The van der Waals surface area contributed by atoms with Gasteiger partial charge in [0, 0.05) is 31.9 Å². The minimum Gasteiger partial charge on any atom is -0.399 e. The zero-order valence-corrected chi connectivity index (χ0v) is 11.5. The summed E-state index contributed by atoms with van der Waals surface area (Å²) in [5, 5.41) is 0. The number of carbonyl (C=O) groups is 1. The van der Waals surface area contributed by atoms with E-state index in [-0.39, 0.29) is 6.03 Å². The van der Waals surface area contributed by atoms with Gasteiger partial charge in [0.1, 0.15) is 0 Å². The Morgan fingerprint density at radius 2 is 1.50 bits per heavy atom. The van der Waals surface area contributed by atoms with Crippen LogP contribution in [0.3, 0.4) is 0 Å². The van der Waals surface area contributed by atoms with Crippen LogP contribution in [0, 0.1) is 0 Å². The zero-order valence-electron chi connectivity index (χ0n) is 11.5. The number of urea groups is 1. The lowest BCUT2D eigenvalue weighted by Gasteiger charge is -2.28. The molecule has 0 fully saturated rings. The number of anilines is 1. The maximum absolute atomic E-state index is 12.2. The van der Waals surface area contributed by atoms with E-state index in [0.717, 1.165) is 24.3 Å². The van der Waals surface area contributed by atoms with Crippen molar-refractivity contribution in [2.75, 3.05) is 25.4 Å². The molecule has 1 aromatic carbocycles. The van der Waals surface area contributed by atoms with E-state index in [4.69, 9.17) is 5.73 Å². The van der Waals surface area contributed by atoms with Crippen molar-refractivity contribution in [3.63, 3.8) is 0 Å². The van der Waals surface area contributed by atoms with Gasteiger partial charge in [-0.15, -0.1) is 0 Å². The summed E-state index contributed by atoms with van der Waals surface area (Å²) in [6, 6.07) is 7.76. The highest BCUT2D eigenvalue weighted by molar-refractivity contribution is 5.74. The Morgan fingerprint density at radius 3 is 1.94 bits per heavy atom. The Balaban J connectivity index is 2.72. The van der Waals surface area contributed by atoms with Gasteiger partial charge in [0.25, 0.3) is 0 Å². The third-order valence-electron chi connectivity index (χ3n) is 3.04. The number of nitrogens with zero attached hydrogens (tertiary/aromatic N) is 2. The maximum atomic E-state index is 12.2. The van der Waals surface area contributed by atoms with Crippen molar-refractivity contribution in [2.45, 2.75) is 27.3 Å². The molecule has 1 aromatic rings. The van der Waals surface area contributed by atoms with Crippen molar-refractivity contribution < 1.29 is 4.79 Å². The first-order valence-electron chi connectivity index (χ1n) is 6.50. The van der Waals surface area contributed by atoms with E-state index in [1.807, 2.05) is 54.8 Å². The molecule has 100 valence electrons. The van der Waals surface area contributed by atoms with Crippen LogP contribution in [-0.2, 0) is 6.54 Å². The van der Waals surface area contributed by atoms with Crippen molar-refractivity contribution >= 4 is 11.7 Å². The monoisotopic (exact) mass is 249 g/mol. The van der Waals surface area contributed by atoms with E-state index in [9.17, 15) is 4.79 Å². The van der Waals surface area contributed by atoms with Crippen LogP contribution in [-0.4, -0.2) is 35.5 Å². The van der Waals surface area contributed by atoms with Crippen LogP contribution >= 0.6 is 0 Å². The molecule has 0 radical (unpaired) electrons. The fourth-order valence-electron chi connectivity index (χ4n) is 1.85. The van der Waals surface area contributed by atoms with Gasteiger partial charge in [0.05, 0.1) is 0 Å². The fourth-order valence-corrected chi connectivity index (χ4v) is 1.85. The lowest BCUT2D eigenvalue weighted by atomic mass is 10.2. The van der Waals surface area contributed by atoms with E-state index >= 15 is 0 Å². The molecular weight excluding hydrogens is 226 g/mol. The molecule has 4 nitrogen and oxygen atoms in total. The molecule has 2 N–H and O–H groups in total. The summed E-state index contributed by atoms with van der Waals surface area (Å²) in [7, 11) is 0. The normalized spacial score (nSPS) is 10.2. The molecule has 2 amide bonds. The van der Waals surface area contributed by atoms with Gasteiger partial charge in [-0.1, -0.05) is 12.1 Å². The molecule has 0 saturated heterocycles. The molecule has 0 aromatic heterocycles. The summed E-state index contributed by atoms with van der Waals surface area (Å²) in [4.78, 5) is 15.9. The molecular formula is C14H23N3O. The Labute approximate surface area is 109 Å². The van der Waals surface area contributed by atoms with Crippen LogP contribution in [0.1, 0.15) is 26.3 Å². The van der Waals surface area contributed by atoms with Gasteiger partial charge in [-0.2, -0.15) is 0 Å². The number of rotatable bonds is 5. The van der Waals surface area contributed by atoms with Gasteiger partial charge < -0.3 is 15.5 Å². The highest BCUT2D eigenvalue weighted by Crippen LogP contribution is 2.10. The summed E-state index contributed by atoms with van der Waals surface area (Å²) in [6.07, 6.45) is 0. The number of amides is 2. The molecule has 0 aliphatic rings. The third-order valence-corrected chi connectivity index (χ3v) is 3.04. The first kappa shape index (κ1) is 14.4. The van der Waals surface area contributed by atoms with Crippen LogP contribution in [0.25, 0.3) is 0 Å². The smallest absolute Gasteiger partial charge is 0.320 e. The lowest BCUT2D eigenvalue weighted by molar-refractivity contribution is 0.157. The highest BCUT2D eigenvalue weighted by atomic mass is 16.2. The second-order valence-corrected chi connectivity index (χ2v) is 4.21. The number of hydrogen-bond donors (Lipinski definition) is 1. The standard InChI is InChI=1S/C14H23N3O/c1-4-16(5-2)14(18)17(6-3)11-12-7-9-13(15)10-8-12/h7-10H,4-6,11,15H2,1-3H3. The number of benzene rings is 1. The first-order chi connectivity index (χ1) is 8.62. The van der Waals surface area contributed by atoms with Gasteiger partial charge >= 0.3 is 6.03 Å². The molecule has 0 heterocycles. The molecule has 0 aliphatic heterocycles. The molecule has 0 spiro atoms. The Bertz CT molecular complexity index is 371. The van der Waals surface area contributed by atoms with E-state index in [1.165, 1.54) is 0 Å². The summed E-state index contributed by atoms with van der Waals surface area (Å²) in [6.45, 7) is 8.82. The van der Waals surface area contributed by atoms with Crippen LogP contribution in [0.15, 0.2) is 24.3 Å². The lowest BCUT2D eigenvalue weighted by Crippen LogP contribution is -2.42. The SMILES string of the molecule is CCN(CC)C(=O)N(CC)Cc1ccc(N)cc1. The molecule has 18 heavy (non-hydrogen) atoms. The van der Waals surface area contributed by atoms with Crippen LogP contribution < -0.4 is 5.73 Å². The second-order valence-electron chi connectivity index (χ2n) is 4.21. The summed E-state index contributed by atoms with van der Waals surface area (Å²) in [5.41, 5.74) is 7.50. The van der Waals surface area contributed by atoms with Gasteiger partial charge in [0.15, 0.2) is 0 Å². The average Bonchev–Trinajstić information content (AvgIpc) is 2.39. The molecule has 0 bridgehead atoms. The molecule has 0 atom stereocenters. The third kappa shape index (κ3) is 3.65. The minimum atomic E-state index is 0.0966. The molecule has 1 rings (SSSR count). The van der Waals surface area contributed by atoms with Gasteiger partial charge in [-0.25, -0.2) is 4.79 Å². The Morgan fingerprint density at radius 1 is 1.00 bits per heavy atom. The van der Waals surface area contributed by atoms with Crippen LogP contribution in [0.2, 0.25) is 0 Å². The van der Waals surface area contributed by atoms with Crippen LogP contribution in [0.5, 0.6) is 0 Å². The maximum Gasteiger partial charge on any atom is 0.320 e. The summed E-state index contributed by atoms with van der Waals surface area (Å²) >= 11 is 0. The quantitative estimate of drug-likeness (QED) is 0.815. The number of nitrogens with two attached hydrogens (primary N) is 1. The molecule has 0 aliphatic carbocycles. The Hall–Kier alpha value is -1.71. The van der Waals surface area contributed by atoms with Crippen LogP contribution in [0.4, 0.5) is 10.5 Å². The molecule has 0 saturated carbocycles. The number of nitrogen functional groups attached to an aromatic ring is 1.